The Bertz CT molecular complexity index is 758. The molecular formula is C21H26N2O4. The van der Waals surface area contributed by atoms with Crippen LogP contribution in [0.1, 0.15) is 33.3 Å². The predicted octanol–water partition coefficient (Wildman–Crippen LogP) is 2.98. The normalized spacial score (nSPS) is 12.0. The van der Waals surface area contributed by atoms with Crippen molar-refractivity contribution in [3.63, 3.8) is 0 Å². The maximum atomic E-state index is 12.5. The smallest absolute Gasteiger partial charge is 0.279 e. The van der Waals surface area contributed by atoms with E-state index in [4.69, 9.17) is 9.47 Å². The van der Waals surface area contributed by atoms with Gasteiger partial charge in [-0.15, -0.1) is 0 Å². The fraction of sp³-hybridized carbons (Fsp3) is 0.333. The fourth-order valence-corrected chi connectivity index (χ4v) is 2.40. The third-order valence-corrected chi connectivity index (χ3v) is 4.18. The zero-order valence-electron chi connectivity index (χ0n) is 16.1. The molecule has 0 spiro atoms. The Morgan fingerprint density at radius 2 is 1.56 bits per heavy atom. The third-order valence-electron chi connectivity index (χ3n) is 4.18. The highest BCUT2D eigenvalue weighted by Crippen LogP contribution is 2.22. The van der Waals surface area contributed by atoms with E-state index in [0.717, 1.165) is 11.3 Å². The van der Waals surface area contributed by atoms with Gasteiger partial charge in [0.05, 0.1) is 12.0 Å². The van der Waals surface area contributed by atoms with Crippen LogP contribution >= 0.6 is 0 Å². The van der Waals surface area contributed by atoms with Gasteiger partial charge in [0.15, 0.2) is 6.10 Å². The zero-order valence-corrected chi connectivity index (χ0v) is 16.1. The predicted molar refractivity (Wildman–Crippen MR) is 103 cm³/mol. The van der Waals surface area contributed by atoms with Crippen LogP contribution in [0.25, 0.3) is 0 Å². The number of nitrogens with one attached hydrogen (secondary N) is 2. The molecule has 2 N–H and O–H groups in total. The molecule has 2 aromatic rings. The molecule has 0 aliphatic carbocycles. The van der Waals surface area contributed by atoms with E-state index in [2.05, 4.69) is 10.9 Å². The topological polar surface area (TPSA) is 76.7 Å². The molecule has 144 valence electrons. The van der Waals surface area contributed by atoms with Crippen LogP contribution in [0.15, 0.2) is 54.6 Å². The van der Waals surface area contributed by atoms with E-state index in [-0.39, 0.29) is 5.91 Å². The van der Waals surface area contributed by atoms with Gasteiger partial charge >= 0.3 is 0 Å². The number of rotatable bonds is 7. The van der Waals surface area contributed by atoms with Gasteiger partial charge in [-0.3, -0.25) is 20.4 Å². The van der Waals surface area contributed by atoms with Gasteiger partial charge in [0, 0.05) is 0 Å². The summed E-state index contributed by atoms with van der Waals surface area (Å²) in [7, 11) is 0. The van der Waals surface area contributed by atoms with Crippen molar-refractivity contribution >= 4 is 11.8 Å². The number of hydrogen-bond acceptors (Lipinski definition) is 4. The molecule has 0 saturated heterocycles. The lowest BCUT2D eigenvalue weighted by Gasteiger charge is -2.24. The number of ether oxygens (including phenoxy) is 2. The molecule has 2 amide bonds. The lowest BCUT2D eigenvalue weighted by molar-refractivity contribution is -0.134. The zero-order chi connectivity index (χ0) is 19.9. The summed E-state index contributed by atoms with van der Waals surface area (Å²) in [5.74, 6) is 0.519. The maximum absolute atomic E-state index is 12.5. The van der Waals surface area contributed by atoms with Gasteiger partial charge in [0.2, 0.25) is 5.91 Å². The molecule has 0 aromatic heterocycles. The molecule has 6 heteroatoms. The fourth-order valence-electron chi connectivity index (χ4n) is 2.40. The van der Waals surface area contributed by atoms with E-state index in [1.807, 2.05) is 37.3 Å². The van der Waals surface area contributed by atoms with Crippen molar-refractivity contribution in [1.29, 1.82) is 0 Å². The number of carbonyl (C=O) groups excluding carboxylic acids is 2. The number of hydrazine groups is 1. The van der Waals surface area contributed by atoms with Crippen LogP contribution < -0.4 is 20.3 Å². The number of carbonyl (C=O) groups is 2. The summed E-state index contributed by atoms with van der Waals surface area (Å²) in [5.41, 5.74) is 4.97. The van der Waals surface area contributed by atoms with Crippen LogP contribution in [0.4, 0.5) is 0 Å². The first kappa shape index (κ1) is 20.3. The number of hydrogen-bond donors (Lipinski definition) is 2. The second-order valence-corrected chi connectivity index (χ2v) is 6.60. The molecule has 0 aliphatic heterocycles. The summed E-state index contributed by atoms with van der Waals surface area (Å²) in [4.78, 5) is 24.7. The van der Waals surface area contributed by atoms with E-state index >= 15 is 0 Å². The highest BCUT2D eigenvalue weighted by Gasteiger charge is 2.30. The molecule has 6 nitrogen and oxygen atoms in total. The van der Waals surface area contributed by atoms with E-state index < -0.39 is 17.4 Å². The molecule has 0 heterocycles. The molecule has 0 fully saturated rings. The Morgan fingerprint density at radius 1 is 0.963 bits per heavy atom. The van der Waals surface area contributed by atoms with Crippen molar-refractivity contribution in [2.24, 2.45) is 0 Å². The molecule has 1 atom stereocenters. The minimum atomic E-state index is -0.784. The third kappa shape index (κ3) is 5.48. The summed E-state index contributed by atoms with van der Waals surface area (Å²) in [6, 6.07) is 16.4. The summed E-state index contributed by atoms with van der Waals surface area (Å²) < 4.78 is 11.0. The molecule has 2 rings (SSSR count). The van der Waals surface area contributed by atoms with Gasteiger partial charge in [-0.05, 0) is 57.5 Å². The maximum Gasteiger partial charge on any atom is 0.279 e. The Balaban J connectivity index is 1.88. The summed E-state index contributed by atoms with van der Waals surface area (Å²) in [6.45, 7) is 7.69. The monoisotopic (exact) mass is 370 g/mol. The van der Waals surface area contributed by atoms with Crippen LogP contribution in [0.2, 0.25) is 0 Å². The van der Waals surface area contributed by atoms with Gasteiger partial charge in [-0.25, -0.2) is 0 Å². The van der Waals surface area contributed by atoms with Crippen LogP contribution in [0, 0.1) is 0 Å². The average Bonchev–Trinajstić information content (AvgIpc) is 2.68. The Hall–Kier alpha value is -3.02. The second kappa shape index (κ2) is 9.07. The van der Waals surface area contributed by atoms with Crippen molar-refractivity contribution in [3.05, 3.63) is 60.2 Å². The van der Waals surface area contributed by atoms with Gasteiger partial charge in [0.25, 0.3) is 5.91 Å². The highest BCUT2D eigenvalue weighted by atomic mass is 16.5. The van der Waals surface area contributed by atoms with Gasteiger partial charge in [-0.2, -0.15) is 0 Å². The Kier molecular flexibility index (Phi) is 6.82. The Morgan fingerprint density at radius 3 is 2.15 bits per heavy atom. The molecule has 0 saturated carbocycles. The largest absolute Gasteiger partial charge is 0.494 e. The summed E-state index contributed by atoms with van der Waals surface area (Å²) in [6.07, 6.45) is -0.775. The van der Waals surface area contributed by atoms with Crippen molar-refractivity contribution < 1.29 is 19.1 Å². The first-order chi connectivity index (χ1) is 12.8. The standard InChI is InChI=1S/C21H26N2O4/c1-5-26-17-11-13-18(14-12-17)27-15(2)19(24)22-23-20(25)21(3,4)16-9-7-6-8-10-16/h6-15H,5H2,1-4H3,(H,22,24)(H,23,25). The van der Waals surface area contributed by atoms with Crippen LogP contribution in [0.3, 0.4) is 0 Å². The van der Waals surface area contributed by atoms with Crippen LogP contribution in [0.5, 0.6) is 11.5 Å². The SMILES string of the molecule is CCOc1ccc(OC(C)C(=O)NNC(=O)C(C)(C)c2ccccc2)cc1. The van der Waals surface area contributed by atoms with Gasteiger partial charge in [0.1, 0.15) is 11.5 Å². The van der Waals surface area contributed by atoms with Crippen molar-refractivity contribution in [2.45, 2.75) is 39.2 Å². The molecule has 2 aromatic carbocycles. The average molecular weight is 370 g/mol. The minimum absolute atomic E-state index is 0.310. The first-order valence-corrected chi connectivity index (χ1v) is 8.90. The summed E-state index contributed by atoms with van der Waals surface area (Å²) in [5, 5.41) is 0. The van der Waals surface area contributed by atoms with E-state index in [1.165, 1.54) is 0 Å². The van der Waals surface area contributed by atoms with Crippen LogP contribution in [-0.2, 0) is 15.0 Å². The molecule has 27 heavy (non-hydrogen) atoms. The molecule has 0 radical (unpaired) electrons. The molecule has 1 unspecified atom stereocenters. The van der Waals surface area contributed by atoms with E-state index in [9.17, 15) is 9.59 Å². The van der Waals surface area contributed by atoms with E-state index in [1.54, 1.807) is 45.0 Å². The van der Waals surface area contributed by atoms with Crippen molar-refractivity contribution in [1.82, 2.24) is 10.9 Å². The van der Waals surface area contributed by atoms with Crippen molar-refractivity contribution in [3.8, 4) is 11.5 Å². The molecule has 0 aliphatic rings. The summed E-state index contributed by atoms with van der Waals surface area (Å²) >= 11 is 0. The number of amides is 2. The Labute approximate surface area is 159 Å². The van der Waals surface area contributed by atoms with Crippen LogP contribution in [-0.4, -0.2) is 24.5 Å². The molecular weight excluding hydrogens is 344 g/mol. The quantitative estimate of drug-likeness (QED) is 0.735. The second-order valence-electron chi connectivity index (χ2n) is 6.60. The highest BCUT2D eigenvalue weighted by molar-refractivity contribution is 5.90. The lowest BCUT2D eigenvalue weighted by Crippen LogP contribution is -2.52. The van der Waals surface area contributed by atoms with Gasteiger partial charge < -0.3 is 9.47 Å². The first-order valence-electron chi connectivity index (χ1n) is 8.90. The van der Waals surface area contributed by atoms with Gasteiger partial charge in [-0.1, -0.05) is 30.3 Å². The van der Waals surface area contributed by atoms with Crippen molar-refractivity contribution in [2.75, 3.05) is 6.61 Å². The van der Waals surface area contributed by atoms with E-state index in [0.29, 0.717) is 12.4 Å². The lowest BCUT2D eigenvalue weighted by atomic mass is 9.84. The molecule has 0 bridgehead atoms. The number of benzene rings is 2. The minimum Gasteiger partial charge on any atom is -0.494 e.